The number of carboxylic acid groups (broad SMARTS) is 1. The summed E-state index contributed by atoms with van der Waals surface area (Å²) in [4.78, 5) is 26.3. The summed E-state index contributed by atoms with van der Waals surface area (Å²) in [7, 11) is -6.49. The molecule has 2 aromatic carbocycles. The fraction of sp³-hybridized carbons (Fsp3) is 0.462. The average molecular weight is 704 g/mol. The quantitative estimate of drug-likeness (QED) is 0.315. The number of anilines is 1. The van der Waals surface area contributed by atoms with E-state index in [9.17, 15) is 39.6 Å². The summed E-state index contributed by atoms with van der Waals surface area (Å²) in [6.45, 7) is 1.18. The van der Waals surface area contributed by atoms with Crippen LogP contribution in [0.5, 0.6) is 0 Å². The van der Waals surface area contributed by atoms with E-state index in [-0.39, 0.29) is 51.6 Å². The van der Waals surface area contributed by atoms with E-state index in [1.54, 1.807) is 4.90 Å². The van der Waals surface area contributed by atoms with E-state index in [0.29, 0.717) is 25.5 Å². The molecule has 1 fully saturated rings. The number of amides is 2. The molecule has 3 rings (SSSR count). The number of sulfonamides is 1. The Hall–Kier alpha value is -2.63. The SMILES string of the molecule is CCS(=O)(=O)c1ccc(Cl)cc1N(C)C(=O)c1cc(Cl)c(CN2CCC[C@H](NS(=O)(=O)CCNC(=O)O)C2)c(C(F)(F)F)c1. The molecule has 1 saturated heterocycles. The molecule has 2 aromatic rings. The number of benzene rings is 2. The Kier molecular flexibility index (Phi) is 11.6. The fourth-order valence-corrected chi connectivity index (χ4v) is 7.51. The van der Waals surface area contributed by atoms with Gasteiger partial charge in [-0.2, -0.15) is 13.2 Å². The van der Waals surface area contributed by atoms with Crippen LogP contribution >= 0.6 is 23.2 Å². The van der Waals surface area contributed by atoms with E-state index in [2.05, 4.69) is 4.72 Å². The number of hydrogen-bond donors (Lipinski definition) is 3. The number of nitrogens with one attached hydrogen (secondary N) is 2. The molecular formula is C26H31Cl2F3N4O7S2. The van der Waals surface area contributed by atoms with Crippen molar-refractivity contribution in [2.45, 2.75) is 43.4 Å². The first-order chi connectivity index (χ1) is 20.3. The number of rotatable bonds is 11. The van der Waals surface area contributed by atoms with Crippen LogP contribution in [0.4, 0.5) is 23.7 Å². The second-order valence-corrected chi connectivity index (χ2v) is 15.1. The van der Waals surface area contributed by atoms with Gasteiger partial charge in [0, 0.05) is 48.3 Å². The van der Waals surface area contributed by atoms with Crippen molar-refractivity contribution in [2.75, 3.05) is 43.1 Å². The van der Waals surface area contributed by atoms with Gasteiger partial charge >= 0.3 is 12.3 Å². The number of likely N-dealkylation sites (tertiary alicyclic amines) is 1. The molecule has 3 N–H and O–H groups in total. The summed E-state index contributed by atoms with van der Waals surface area (Å²) in [5.74, 6) is -1.75. The Morgan fingerprint density at radius 3 is 2.43 bits per heavy atom. The van der Waals surface area contributed by atoms with Crippen molar-refractivity contribution < 1.29 is 44.7 Å². The Bertz CT molecular complexity index is 1620. The molecule has 18 heteroatoms. The molecule has 1 aliphatic rings. The average Bonchev–Trinajstić information content (AvgIpc) is 2.92. The number of halogens is 5. The molecule has 2 amide bonds. The summed E-state index contributed by atoms with van der Waals surface area (Å²) in [6, 6.07) is 4.86. The molecule has 11 nitrogen and oxygen atoms in total. The fourth-order valence-electron chi connectivity index (χ4n) is 4.77. The van der Waals surface area contributed by atoms with E-state index in [0.717, 1.165) is 11.0 Å². The minimum atomic E-state index is -4.92. The Balaban J connectivity index is 1.88. The summed E-state index contributed by atoms with van der Waals surface area (Å²) in [5, 5.41) is 10.3. The zero-order chi connectivity index (χ0) is 33.0. The number of hydrogen-bond acceptors (Lipinski definition) is 7. The van der Waals surface area contributed by atoms with Crippen molar-refractivity contribution in [3.63, 3.8) is 0 Å². The molecule has 0 unspecified atom stereocenters. The highest BCUT2D eigenvalue weighted by Crippen LogP contribution is 2.38. The van der Waals surface area contributed by atoms with Crippen LogP contribution in [-0.4, -0.2) is 83.1 Å². The zero-order valence-electron chi connectivity index (χ0n) is 23.6. The van der Waals surface area contributed by atoms with Crippen molar-refractivity contribution in [2.24, 2.45) is 0 Å². The van der Waals surface area contributed by atoms with Gasteiger partial charge in [-0.25, -0.2) is 26.4 Å². The molecule has 1 heterocycles. The number of carbonyl (C=O) groups is 2. The van der Waals surface area contributed by atoms with Crippen molar-refractivity contribution in [1.82, 2.24) is 14.9 Å². The van der Waals surface area contributed by atoms with Gasteiger partial charge in [0.15, 0.2) is 9.84 Å². The van der Waals surface area contributed by atoms with Gasteiger partial charge in [0.1, 0.15) is 0 Å². The zero-order valence-corrected chi connectivity index (χ0v) is 26.8. The summed E-state index contributed by atoms with van der Waals surface area (Å²) >= 11 is 12.4. The predicted octanol–water partition coefficient (Wildman–Crippen LogP) is 4.23. The molecule has 0 bridgehead atoms. The number of alkyl halides is 3. The minimum Gasteiger partial charge on any atom is -0.465 e. The van der Waals surface area contributed by atoms with Gasteiger partial charge in [-0.05, 0) is 55.3 Å². The lowest BCUT2D eigenvalue weighted by Crippen LogP contribution is -2.48. The van der Waals surface area contributed by atoms with E-state index in [1.165, 1.54) is 32.2 Å². The van der Waals surface area contributed by atoms with Crippen LogP contribution in [0.1, 0.15) is 41.3 Å². The first-order valence-electron chi connectivity index (χ1n) is 13.2. The van der Waals surface area contributed by atoms with E-state index in [1.807, 2.05) is 5.32 Å². The maximum absolute atomic E-state index is 14.3. The van der Waals surface area contributed by atoms with Gasteiger partial charge in [0.25, 0.3) is 5.91 Å². The molecule has 1 atom stereocenters. The first kappa shape index (κ1) is 35.8. The topological polar surface area (TPSA) is 153 Å². The van der Waals surface area contributed by atoms with Gasteiger partial charge < -0.3 is 15.3 Å². The summed E-state index contributed by atoms with van der Waals surface area (Å²) in [6.07, 6.45) is -5.42. The van der Waals surface area contributed by atoms with Gasteiger partial charge in [0.05, 0.1) is 27.7 Å². The molecule has 0 spiro atoms. The smallest absolute Gasteiger partial charge is 0.416 e. The van der Waals surface area contributed by atoms with Gasteiger partial charge in [-0.1, -0.05) is 30.1 Å². The third-order valence-corrected chi connectivity index (χ3v) is 10.7. The van der Waals surface area contributed by atoms with Gasteiger partial charge in [0.2, 0.25) is 10.0 Å². The highest BCUT2D eigenvalue weighted by atomic mass is 35.5. The van der Waals surface area contributed by atoms with Crippen LogP contribution in [0.2, 0.25) is 10.0 Å². The summed E-state index contributed by atoms with van der Waals surface area (Å²) in [5.41, 5.74) is -2.03. The van der Waals surface area contributed by atoms with E-state index in [4.69, 9.17) is 28.3 Å². The molecule has 0 aliphatic carbocycles. The third-order valence-electron chi connectivity index (χ3n) is 6.93. The lowest BCUT2D eigenvalue weighted by molar-refractivity contribution is -0.138. The largest absolute Gasteiger partial charge is 0.465 e. The van der Waals surface area contributed by atoms with Gasteiger partial charge in [-0.15, -0.1) is 0 Å². The molecule has 0 radical (unpaired) electrons. The lowest BCUT2D eigenvalue weighted by Gasteiger charge is -2.34. The first-order valence-corrected chi connectivity index (χ1v) is 17.3. The van der Waals surface area contributed by atoms with Crippen LogP contribution in [0.25, 0.3) is 0 Å². The standard InChI is InChI=1S/C26H31Cl2F3N4O7S2/c1-3-43(39,40)23-7-6-17(27)13-22(23)34(2)24(36)16-11-20(26(29,30)31)19(21(28)12-16)15-35-9-4-5-18(14-35)33-44(41,42)10-8-32-25(37)38/h6-7,11-13,18,32-33H,3-5,8-10,14-15H2,1-2H3,(H,37,38)/t18-/m0/s1. The second kappa shape index (κ2) is 14.2. The van der Waals surface area contributed by atoms with Crippen molar-refractivity contribution in [3.05, 3.63) is 57.1 Å². The van der Waals surface area contributed by atoms with E-state index >= 15 is 0 Å². The second-order valence-electron chi connectivity index (χ2n) is 10.1. The number of carbonyl (C=O) groups excluding carboxylic acids is 1. The van der Waals surface area contributed by atoms with Crippen LogP contribution in [-0.2, 0) is 32.6 Å². The van der Waals surface area contributed by atoms with Crippen molar-refractivity contribution >= 4 is 60.8 Å². The number of nitrogens with zero attached hydrogens (tertiary/aromatic N) is 2. The molecule has 0 saturated carbocycles. The Morgan fingerprint density at radius 2 is 1.82 bits per heavy atom. The Labute approximate surface area is 263 Å². The lowest BCUT2D eigenvalue weighted by atomic mass is 10.00. The maximum Gasteiger partial charge on any atom is 0.416 e. The Morgan fingerprint density at radius 1 is 1.14 bits per heavy atom. The highest BCUT2D eigenvalue weighted by molar-refractivity contribution is 7.91. The predicted molar refractivity (Wildman–Crippen MR) is 160 cm³/mol. The third kappa shape index (κ3) is 9.20. The molecule has 44 heavy (non-hydrogen) atoms. The molecular weight excluding hydrogens is 672 g/mol. The van der Waals surface area contributed by atoms with Crippen LogP contribution in [0, 0.1) is 0 Å². The maximum atomic E-state index is 14.3. The number of sulfone groups is 1. The normalized spacial score (nSPS) is 16.5. The highest BCUT2D eigenvalue weighted by Gasteiger charge is 2.37. The minimum absolute atomic E-state index is 0.0616. The van der Waals surface area contributed by atoms with Crippen LogP contribution in [0.3, 0.4) is 0 Å². The number of piperidine rings is 1. The van der Waals surface area contributed by atoms with Gasteiger partial charge in [-0.3, -0.25) is 9.69 Å². The molecule has 244 valence electrons. The van der Waals surface area contributed by atoms with Crippen LogP contribution < -0.4 is 14.9 Å². The van der Waals surface area contributed by atoms with Crippen LogP contribution in [0.15, 0.2) is 35.2 Å². The summed E-state index contributed by atoms with van der Waals surface area (Å²) < 4.78 is 95.3. The monoisotopic (exact) mass is 702 g/mol. The molecule has 0 aromatic heterocycles. The van der Waals surface area contributed by atoms with E-state index < -0.39 is 61.0 Å². The molecule has 1 aliphatic heterocycles. The van der Waals surface area contributed by atoms with Crippen molar-refractivity contribution in [1.29, 1.82) is 0 Å². The van der Waals surface area contributed by atoms with Crippen molar-refractivity contribution in [3.8, 4) is 0 Å².